The molecule has 47 heavy (non-hydrogen) atoms. The number of pyridine rings is 1. The molecule has 4 heterocycles. The molecule has 1 aliphatic heterocycles. The highest BCUT2D eigenvalue weighted by molar-refractivity contribution is 6.34. The van der Waals surface area contributed by atoms with Gasteiger partial charge in [-0.3, -0.25) is 4.79 Å². The topological polar surface area (TPSA) is 132 Å². The minimum Gasteiger partial charge on any atom is -0.398 e. The minimum absolute atomic E-state index is 0.0570. The van der Waals surface area contributed by atoms with E-state index in [2.05, 4.69) is 15.0 Å². The van der Waals surface area contributed by atoms with Gasteiger partial charge >= 0.3 is 5.69 Å². The number of hydrogen-bond acceptors (Lipinski definition) is 9. The summed E-state index contributed by atoms with van der Waals surface area (Å²) < 4.78 is 21.8. The number of carbonyl (C=O) groups is 1. The van der Waals surface area contributed by atoms with Crippen LogP contribution in [0.25, 0.3) is 28.0 Å². The normalized spacial score (nSPS) is 20.0. The van der Waals surface area contributed by atoms with Gasteiger partial charge in [0.15, 0.2) is 5.65 Å². The second-order valence-electron chi connectivity index (χ2n) is 12.7. The average molecular weight is 659 g/mol. The Morgan fingerprint density at radius 2 is 1.79 bits per heavy atom. The molecule has 2 saturated carbocycles. The first-order chi connectivity index (χ1) is 22.7. The monoisotopic (exact) mass is 658 g/mol. The Balaban J connectivity index is 1.44. The summed E-state index contributed by atoms with van der Waals surface area (Å²) in [6.07, 6.45) is 8.62. The zero-order chi connectivity index (χ0) is 33.0. The molecule has 3 fully saturated rings. The number of nitrogens with zero attached hydrogens (tertiary/aromatic N) is 7. The predicted octanol–water partition coefficient (Wildman–Crippen LogP) is 5.00. The van der Waals surface area contributed by atoms with Crippen molar-refractivity contribution in [2.75, 3.05) is 37.4 Å². The number of amides is 1. The summed E-state index contributed by atoms with van der Waals surface area (Å²) >= 11 is 6.89. The molecular formula is C34H36ClFN8O3. The molecule has 13 heteroatoms. The van der Waals surface area contributed by atoms with E-state index in [1.807, 2.05) is 18.7 Å². The molecule has 2 aliphatic carbocycles. The molecule has 4 aromatic rings. The average Bonchev–Trinajstić information content (AvgIpc) is 3.96. The number of hydrogen-bond donors (Lipinski definition) is 1. The van der Waals surface area contributed by atoms with Crippen molar-refractivity contribution in [1.82, 2.24) is 29.4 Å². The van der Waals surface area contributed by atoms with Crippen molar-refractivity contribution in [1.29, 1.82) is 0 Å². The summed E-state index contributed by atoms with van der Waals surface area (Å²) in [5.41, 5.74) is 8.51. The van der Waals surface area contributed by atoms with Crippen molar-refractivity contribution in [2.45, 2.75) is 63.5 Å². The minimum atomic E-state index is -0.579. The molecule has 7 rings (SSSR count). The summed E-state index contributed by atoms with van der Waals surface area (Å²) in [5, 5.41) is 0.675. The highest BCUT2D eigenvalue weighted by atomic mass is 35.5. The number of fused-ring (bicyclic) bond motifs is 1. The van der Waals surface area contributed by atoms with E-state index >= 15 is 4.39 Å². The molecule has 3 aromatic heterocycles. The van der Waals surface area contributed by atoms with Crippen molar-refractivity contribution in [3.05, 3.63) is 75.5 Å². The lowest BCUT2D eigenvalue weighted by molar-refractivity contribution is -0.128. The van der Waals surface area contributed by atoms with Crippen LogP contribution in [-0.4, -0.2) is 74.2 Å². The van der Waals surface area contributed by atoms with Gasteiger partial charge in [-0.2, -0.15) is 4.98 Å². The number of halogens is 2. The number of ether oxygens (including phenoxy) is 1. The number of benzene rings is 1. The Hall–Kier alpha value is -4.42. The third-order valence-electron chi connectivity index (χ3n) is 9.18. The van der Waals surface area contributed by atoms with Crippen molar-refractivity contribution in [2.24, 2.45) is 0 Å². The van der Waals surface area contributed by atoms with E-state index in [9.17, 15) is 9.59 Å². The first-order valence-corrected chi connectivity index (χ1v) is 16.3. The molecule has 2 N–H and O–H groups in total. The molecule has 0 spiro atoms. The van der Waals surface area contributed by atoms with Crippen LogP contribution in [0, 0.1) is 5.82 Å². The van der Waals surface area contributed by atoms with Gasteiger partial charge < -0.3 is 20.3 Å². The fraction of sp³-hybridized carbons (Fsp3) is 0.412. The molecule has 0 radical (unpaired) electrons. The third kappa shape index (κ3) is 5.73. The summed E-state index contributed by atoms with van der Waals surface area (Å²) in [4.78, 5) is 50.1. The quantitative estimate of drug-likeness (QED) is 0.205. The van der Waals surface area contributed by atoms with E-state index in [0.717, 1.165) is 37.1 Å². The SMILES string of the molecule is COC/C=C/C(=O)N1C[C@H](C)N(c2nc(=O)n(-c3c(C4CC4)ncnc3C3CC3)c3nc(-c4c(N)cccc4F)c(Cl)cc23)C[C@H]1C. The number of rotatable bonds is 8. The molecule has 1 saturated heterocycles. The maximum absolute atomic E-state index is 15.3. The van der Waals surface area contributed by atoms with E-state index in [-0.39, 0.29) is 57.4 Å². The van der Waals surface area contributed by atoms with Crippen molar-refractivity contribution in [3.8, 4) is 16.9 Å². The summed E-state index contributed by atoms with van der Waals surface area (Å²) in [6, 6.07) is 5.68. The van der Waals surface area contributed by atoms with E-state index in [1.54, 1.807) is 36.5 Å². The Morgan fingerprint density at radius 3 is 2.43 bits per heavy atom. The van der Waals surface area contributed by atoms with Gasteiger partial charge in [0.1, 0.15) is 18.0 Å². The third-order valence-corrected chi connectivity index (χ3v) is 9.47. The Labute approximate surface area is 276 Å². The molecule has 11 nitrogen and oxygen atoms in total. The van der Waals surface area contributed by atoms with Crippen LogP contribution in [0.15, 0.2) is 47.5 Å². The van der Waals surface area contributed by atoms with Crippen LogP contribution in [0.2, 0.25) is 5.02 Å². The van der Waals surface area contributed by atoms with Crippen LogP contribution >= 0.6 is 11.6 Å². The van der Waals surface area contributed by atoms with Gasteiger partial charge in [-0.05, 0) is 57.7 Å². The van der Waals surface area contributed by atoms with Crippen molar-refractivity contribution in [3.63, 3.8) is 0 Å². The molecule has 1 aromatic carbocycles. The Morgan fingerprint density at radius 1 is 1.09 bits per heavy atom. The predicted molar refractivity (Wildman–Crippen MR) is 178 cm³/mol. The molecule has 0 unspecified atom stereocenters. The van der Waals surface area contributed by atoms with E-state index in [0.29, 0.717) is 36.6 Å². The first kappa shape index (κ1) is 31.2. The summed E-state index contributed by atoms with van der Waals surface area (Å²) in [7, 11) is 1.57. The zero-order valence-corrected chi connectivity index (χ0v) is 27.2. The number of nitrogen functional groups attached to an aromatic ring is 1. The van der Waals surface area contributed by atoms with Gasteiger partial charge in [0, 0.05) is 55.9 Å². The van der Waals surface area contributed by atoms with E-state index < -0.39 is 11.5 Å². The van der Waals surface area contributed by atoms with Gasteiger partial charge in [-0.15, -0.1) is 0 Å². The van der Waals surface area contributed by atoms with Gasteiger partial charge in [-0.1, -0.05) is 23.7 Å². The van der Waals surface area contributed by atoms with E-state index in [1.165, 1.54) is 22.8 Å². The van der Waals surface area contributed by atoms with Crippen molar-refractivity contribution < 1.29 is 13.9 Å². The number of anilines is 2. The second-order valence-corrected chi connectivity index (χ2v) is 13.1. The van der Waals surface area contributed by atoms with Crippen LogP contribution in [0.3, 0.4) is 0 Å². The van der Waals surface area contributed by atoms with Gasteiger partial charge in [0.05, 0.1) is 45.3 Å². The summed E-state index contributed by atoms with van der Waals surface area (Å²) in [6.45, 7) is 5.09. The highest BCUT2D eigenvalue weighted by Gasteiger charge is 2.38. The number of carbonyl (C=O) groups excluding carboxylic acids is 1. The van der Waals surface area contributed by atoms with Crippen LogP contribution in [0.1, 0.15) is 62.8 Å². The maximum atomic E-state index is 15.3. The highest BCUT2D eigenvalue weighted by Crippen LogP contribution is 2.48. The van der Waals surface area contributed by atoms with Crippen LogP contribution in [-0.2, 0) is 9.53 Å². The fourth-order valence-corrected chi connectivity index (χ4v) is 6.75. The molecule has 244 valence electrons. The van der Waals surface area contributed by atoms with Crippen LogP contribution in [0.5, 0.6) is 0 Å². The standard InChI is InChI=1S/C34H36ClFN8O3/c1-18-16-43(19(2)15-42(18)26(45)8-5-13-47-3)32-22-14-23(35)30(27-24(36)6-4-7-25(27)37)40-33(22)44(34(46)41-32)31-28(20-9-10-20)38-17-39-29(31)21-11-12-21/h4-8,14,17-21H,9-13,15-16,37H2,1-3H3/b8-5+/t18-,19+/m1/s1. The first-order valence-electron chi connectivity index (χ1n) is 15.9. The lowest BCUT2D eigenvalue weighted by atomic mass is 10.1. The van der Waals surface area contributed by atoms with Gasteiger partial charge in [0.2, 0.25) is 5.91 Å². The Kier molecular flexibility index (Phi) is 8.17. The van der Waals surface area contributed by atoms with Crippen LogP contribution < -0.4 is 16.3 Å². The van der Waals surface area contributed by atoms with Crippen LogP contribution in [0.4, 0.5) is 15.9 Å². The number of piperazine rings is 1. The molecule has 1 amide bonds. The van der Waals surface area contributed by atoms with Crippen molar-refractivity contribution >= 4 is 40.0 Å². The Bertz CT molecular complexity index is 1930. The molecule has 0 bridgehead atoms. The number of aromatic nitrogens is 5. The lowest BCUT2D eigenvalue weighted by Gasteiger charge is -2.44. The van der Waals surface area contributed by atoms with E-state index in [4.69, 9.17) is 27.1 Å². The van der Waals surface area contributed by atoms with Gasteiger partial charge in [0.25, 0.3) is 0 Å². The maximum Gasteiger partial charge on any atom is 0.355 e. The second kappa shape index (κ2) is 12.3. The number of methoxy groups -OCH3 is 1. The molecular weight excluding hydrogens is 623 g/mol. The molecule has 3 aliphatic rings. The number of nitrogens with two attached hydrogens (primary N) is 1. The largest absolute Gasteiger partial charge is 0.398 e. The summed E-state index contributed by atoms with van der Waals surface area (Å²) in [5.74, 6) is 0.0967. The smallest absolute Gasteiger partial charge is 0.355 e. The lowest BCUT2D eigenvalue weighted by Crippen LogP contribution is -2.58. The van der Waals surface area contributed by atoms with Gasteiger partial charge in [-0.25, -0.2) is 28.7 Å². The zero-order valence-electron chi connectivity index (χ0n) is 26.5. The fourth-order valence-electron chi connectivity index (χ4n) is 6.51. The molecule has 2 atom stereocenters.